The first-order chi connectivity index (χ1) is 8.86. The molecule has 0 radical (unpaired) electrons. The van der Waals surface area contributed by atoms with Crippen molar-refractivity contribution >= 4 is 5.97 Å². The van der Waals surface area contributed by atoms with Gasteiger partial charge in [-0.2, -0.15) is 0 Å². The molecule has 0 aromatic rings. The van der Waals surface area contributed by atoms with Crippen LogP contribution in [0.15, 0.2) is 0 Å². The van der Waals surface area contributed by atoms with Gasteiger partial charge in [0.1, 0.15) is 5.54 Å². The van der Waals surface area contributed by atoms with E-state index in [1.54, 1.807) is 6.92 Å². The number of carbonyl (C=O) groups excluding carboxylic acids is 1. The van der Waals surface area contributed by atoms with E-state index < -0.39 is 5.54 Å². The summed E-state index contributed by atoms with van der Waals surface area (Å²) in [6.45, 7) is 10.8. The molecule has 0 bridgehead atoms. The molecule has 0 aromatic heterocycles. The minimum Gasteiger partial charge on any atom is -0.465 e. The van der Waals surface area contributed by atoms with Gasteiger partial charge in [0, 0.05) is 12.6 Å². The van der Waals surface area contributed by atoms with Crippen molar-refractivity contribution in [3.05, 3.63) is 0 Å². The largest absolute Gasteiger partial charge is 0.465 e. The molecule has 0 aromatic carbocycles. The number of nitrogens with zero attached hydrogens (tertiary/aromatic N) is 1. The predicted octanol–water partition coefficient (Wildman–Crippen LogP) is 2.17. The van der Waals surface area contributed by atoms with Crippen LogP contribution in [0.5, 0.6) is 0 Å². The fourth-order valence-electron chi connectivity index (χ4n) is 2.74. The highest BCUT2D eigenvalue weighted by Crippen LogP contribution is 2.22. The van der Waals surface area contributed by atoms with Crippen molar-refractivity contribution in [2.45, 2.75) is 65.0 Å². The van der Waals surface area contributed by atoms with E-state index in [2.05, 4.69) is 18.7 Å². The number of esters is 1. The van der Waals surface area contributed by atoms with E-state index in [1.165, 1.54) is 19.4 Å². The number of hydrogen-bond donors (Lipinski definition) is 1. The van der Waals surface area contributed by atoms with E-state index in [-0.39, 0.29) is 5.97 Å². The molecule has 4 nitrogen and oxygen atoms in total. The van der Waals surface area contributed by atoms with Crippen LogP contribution < -0.4 is 5.73 Å². The van der Waals surface area contributed by atoms with Gasteiger partial charge in [-0.1, -0.05) is 6.92 Å². The van der Waals surface area contributed by atoms with Gasteiger partial charge in [0.2, 0.25) is 0 Å². The molecule has 112 valence electrons. The Balaban J connectivity index is 2.34. The molecule has 1 rings (SSSR count). The third-order valence-corrected chi connectivity index (χ3v) is 4.13. The average molecular weight is 270 g/mol. The molecule has 19 heavy (non-hydrogen) atoms. The van der Waals surface area contributed by atoms with Crippen LogP contribution in [0.1, 0.15) is 53.4 Å². The summed E-state index contributed by atoms with van der Waals surface area (Å²) >= 11 is 0. The van der Waals surface area contributed by atoms with Gasteiger partial charge < -0.3 is 15.4 Å². The minimum absolute atomic E-state index is 0.282. The predicted molar refractivity (Wildman–Crippen MR) is 77.9 cm³/mol. The van der Waals surface area contributed by atoms with Gasteiger partial charge in [0.05, 0.1) is 6.61 Å². The number of hydrogen-bond acceptors (Lipinski definition) is 4. The summed E-state index contributed by atoms with van der Waals surface area (Å²) in [5, 5.41) is 0. The Morgan fingerprint density at radius 1 is 1.42 bits per heavy atom. The lowest BCUT2D eigenvalue weighted by atomic mass is 9.93. The highest BCUT2D eigenvalue weighted by Gasteiger charge is 2.30. The molecule has 3 unspecified atom stereocenters. The summed E-state index contributed by atoms with van der Waals surface area (Å²) in [6.07, 6.45) is 4.24. The third kappa shape index (κ3) is 5.11. The van der Waals surface area contributed by atoms with Crippen molar-refractivity contribution in [2.24, 2.45) is 11.7 Å². The zero-order valence-electron chi connectivity index (χ0n) is 12.9. The molecule has 0 amide bonds. The monoisotopic (exact) mass is 270 g/mol. The van der Waals surface area contributed by atoms with Gasteiger partial charge in [0.25, 0.3) is 0 Å². The Labute approximate surface area is 117 Å². The number of nitrogens with two attached hydrogens (primary N) is 1. The van der Waals surface area contributed by atoms with E-state index >= 15 is 0 Å². The Morgan fingerprint density at radius 2 is 2.11 bits per heavy atom. The van der Waals surface area contributed by atoms with Gasteiger partial charge in [-0.3, -0.25) is 4.79 Å². The average Bonchev–Trinajstić information content (AvgIpc) is 2.33. The van der Waals surface area contributed by atoms with Crippen molar-refractivity contribution in [2.75, 3.05) is 19.7 Å². The summed E-state index contributed by atoms with van der Waals surface area (Å²) in [7, 11) is 0. The Hall–Kier alpha value is -0.610. The smallest absolute Gasteiger partial charge is 0.325 e. The van der Waals surface area contributed by atoms with Crippen molar-refractivity contribution in [3.63, 3.8) is 0 Å². The van der Waals surface area contributed by atoms with Gasteiger partial charge in [-0.25, -0.2) is 0 Å². The summed E-state index contributed by atoms with van der Waals surface area (Å²) in [6, 6.07) is 0.655. The van der Waals surface area contributed by atoms with E-state index in [4.69, 9.17) is 10.5 Å². The normalized spacial score (nSPS) is 27.8. The highest BCUT2D eigenvalue weighted by molar-refractivity contribution is 5.79. The number of piperidine rings is 1. The molecule has 4 heteroatoms. The first kappa shape index (κ1) is 16.4. The minimum atomic E-state index is -0.847. The molecule has 0 spiro atoms. The van der Waals surface area contributed by atoms with Crippen molar-refractivity contribution in [1.29, 1.82) is 0 Å². The molecule has 1 aliphatic heterocycles. The van der Waals surface area contributed by atoms with Crippen molar-refractivity contribution < 1.29 is 9.53 Å². The molecule has 2 N–H and O–H groups in total. The topological polar surface area (TPSA) is 55.6 Å². The van der Waals surface area contributed by atoms with Crippen molar-refractivity contribution in [3.8, 4) is 0 Å². The second kappa shape index (κ2) is 7.25. The summed E-state index contributed by atoms with van der Waals surface area (Å²) in [5.41, 5.74) is 5.18. The quantitative estimate of drug-likeness (QED) is 0.752. The molecule has 3 atom stereocenters. The summed E-state index contributed by atoms with van der Waals surface area (Å²) in [4.78, 5) is 14.2. The van der Waals surface area contributed by atoms with Crippen LogP contribution >= 0.6 is 0 Å². The van der Waals surface area contributed by atoms with Gasteiger partial charge in [-0.15, -0.1) is 0 Å². The van der Waals surface area contributed by atoms with E-state index in [1.807, 2.05) is 6.92 Å². The first-order valence-corrected chi connectivity index (χ1v) is 7.57. The zero-order chi connectivity index (χ0) is 14.5. The Bertz CT molecular complexity index is 292. The molecule has 1 aliphatic rings. The highest BCUT2D eigenvalue weighted by atomic mass is 16.5. The fraction of sp³-hybridized carbons (Fsp3) is 0.933. The first-order valence-electron chi connectivity index (χ1n) is 7.57. The SMILES string of the molecule is CCOC(=O)C(C)(N)CCCN1CC(C)CCC1C. The summed E-state index contributed by atoms with van der Waals surface area (Å²) in [5.74, 6) is 0.501. The second-order valence-electron chi connectivity index (χ2n) is 6.27. The lowest BCUT2D eigenvalue weighted by Gasteiger charge is -2.37. The maximum atomic E-state index is 11.7. The van der Waals surface area contributed by atoms with Crippen LogP contribution in [0.25, 0.3) is 0 Å². The van der Waals surface area contributed by atoms with Crippen LogP contribution in [0.2, 0.25) is 0 Å². The maximum absolute atomic E-state index is 11.7. The number of ether oxygens (including phenoxy) is 1. The van der Waals surface area contributed by atoms with Gasteiger partial charge in [0.15, 0.2) is 0 Å². The molecule has 1 fully saturated rings. The van der Waals surface area contributed by atoms with Crippen LogP contribution in [0, 0.1) is 5.92 Å². The van der Waals surface area contributed by atoms with Gasteiger partial charge in [-0.05, 0) is 58.9 Å². The van der Waals surface area contributed by atoms with Crippen LogP contribution in [-0.4, -0.2) is 42.1 Å². The van der Waals surface area contributed by atoms with Gasteiger partial charge >= 0.3 is 5.97 Å². The number of rotatable bonds is 6. The van der Waals surface area contributed by atoms with Crippen LogP contribution in [0.3, 0.4) is 0 Å². The molecule has 1 saturated heterocycles. The second-order valence-corrected chi connectivity index (χ2v) is 6.27. The molecule has 0 aliphatic carbocycles. The maximum Gasteiger partial charge on any atom is 0.325 e. The zero-order valence-corrected chi connectivity index (χ0v) is 12.9. The lowest BCUT2D eigenvalue weighted by molar-refractivity contribution is -0.149. The molecular formula is C15H30N2O2. The van der Waals surface area contributed by atoms with E-state index in [0.29, 0.717) is 19.1 Å². The standard InChI is InChI=1S/C15H30N2O2/c1-5-19-14(18)15(4,16)9-6-10-17-11-12(2)7-8-13(17)3/h12-13H,5-11,16H2,1-4H3. The molecule has 1 heterocycles. The number of likely N-dealkylation sites (tertiary alicyclic amines) is 1. The fourth-order valence-corrected chi connectivity index (χ4v) is 2.74. The molecule has 0 saturated carbocycles. The third-order valence-electron chi connectivity index (χ3n) is 4.13. The van der Waals surface area contributed by atoms with Crippen LogP contribution in [0.4, 0.5) is 0 Å². The Morgan fingerprint density at radius 3 is 2.74 bits per heavy atom. The Kier molecular flexibility index (Phi) is 6.27. The van der Waals surface area contributed by atoms with Crippen molar-refractivity contribution in [1.82, 2.24) is 4.90 Å². The number of carbonyl (C=O) groups is 1. The van der Waals surface area contributed by atoms with E-state index in [0.717, 1.165) is 18.9 Å². The van der Waals surface area contributed by atoms with E-state index in [9.17, 15) is 4.79 Å². The van der Waals surface area contributed by atoms with Crippen LogP contribution in [-0.2, 0) is 9.53 Å². The lowest BCUT2D eigenvalue weighted by Crippen LogP contribution is -2.47. The molecular weight excluding hydrogens is 240 g/mol. The summed E-state index contributed by atoms with van der Waals surface area (Å²) < 4.78 is 5.01.